The SMILES string of the molecule is CC(C)(C)c1cc2c3c(c1)-c1cc(C(C)(C)C)c4cc5c6c(cc(C(C)(C)C)c7cc(c1c4c76)B3c1ccccc1-2)-c1cc(C(C)(C)C)cc2c1B5c1ccccc1-2. The minimum atomic E-state index is -0.0705. The second-order valence-corrected chi connectivity index (χ2v) is 22.5. The molecule has 0 aromatic heterocycles. The van der Waals surface area contributed by atoms with E-state index >= 15 is 0 Å². The molecule has 0 fully saturated rings. The molecule has 282 valence electrons. The largest absolute Gasteiger partial charge is 0.244 e. The van der Waals surface area contributed by atoms with Crippen LogP contribution in [0.4, 0.5) is 0 Å². The summed E-state index contributed by atoms with van der Waals surface area (Å²) < 4.78 is 0. The number of hydrogen-bond acceptors (Lipinski definition) is 0. The van der Waals surface area contributed by atoms with Gasteiger partial charge in [0.25, 0.3) is 0 Å². The van der Waals surface area contributed by atoms with Crippen LogP contribution in [0.25, 0.3) is 76.8 Å². The highest BCUT2D eigenvalue weighted by Crippen LogP contribution is 2.51. The van der Waals surface area contributed by atoms with Crippen LogP contribution in [0.1, 0.15) is 105 Å². The Kier molecular flexibility index (Phi) is 6.36. The van der Waals surface area contributed by atoms with Crippen molar-refractivity contribution in [2.75, 3.05) is 0 Å². The summed E-state index contributed by atoms with van der Waals surface area (Å²) in [6.07, 6.45) is 0. The zero-order valence-corrected chi connectivity index (χ0v) is 36.4. The van der Waals surface area contributed by atoms with Crippen molar-refractivity contribution in [3.63, 3.8) is 0 Å². The van der Waals surface area contributed by atoms with E-state index in [1.807, 2.05) is 0 Å². The lowest BCUT2D eigenvalue weighted by Crippen LogP contribution is -2.53. The van der Waals surface area contributed by atoms with Gasteiger partial charge in [-0.25, -0.2) is 0 Å². The minimum Gasteiger partial charge on any atom is -0.0664 e. The predicted molar refractivity (Wildman–Crippen MR) is 256 cm³/mol. The molecule has 58 heavy (non-hydrogen) atoms. The Labute approximate surface area is 345 Å². The van der Waals surface area contributed by atoms with Crippen molar-refractivity contribution < 1.29 is 0 Å². The first kappa shape index (κ1) is 34.9. The number of hydrogen-bond donors (Lipinski definition) is 0. The number of rotatable bonds is 0. The van der Waals surface area contributed by atoms with Crippen LogP contribution in [-0.4, -0.2) is 13.4 Å². The van der Waals surface area contributed by atoms with Crippen molar-refractivity contribution in [1.29, 1.82) is 0 Å². The molecule has 4 aliphatic rings. The molecule has 12 rings (SSSR count). The standard InChI is InChI=1S/C56H52B2/c1-53(2,3)29-21-35-31-17-13-15-19-43(31)57-45-27-40-42(56(10,11)12)26-34-38-24-30(54(4,5)6)22-36-32-18-14-16-20-44(32)58(52(36)38)46-28-39-41(55(7,8)9)25-33(37(23-29)51(35)57)47(45)49(39)50(40)48(34)46/h13-28H,1-12H3. The van der Waals surface area contributed by atoms with Crippen molar-refractivity contribution >= 4 is 78.5 Å². The second kappa shape index (κ2) is 10.6. The third-order valence-corrected chi connectivity index (χ3v) is 14.8. The Morgan fingerprint density at radius 3 is 1.00 bits per heavy atom. The normalized spacial score (nSPS) is 14.8. The first-order valence-electron chi connectivity index (χ1n) is 21.8. The van der Waals surface area contributed by atoms with Crippen molar-refractivity contribution in [2.24, 2.45) is 0 Å². The summed E-state index contributed by atoms with van der Waals surface area (Å²) in [6.45, 7) is 29.3. The Balaban J connectivity index is 1.35. The summed E-state index contributed by atoms with van der Waals surface area (Å²) in [5.41, 5.74) is 26.0. The van der Waals surface area contributed by atoms with Gasteiger partial charge in [0.15, 0.2) is 0 Å². The Bertz CT molecular complexity index is 2980. The van der Waals surface area contributed by atoms with E-state index in [1.54, 1.807) is 0 Å². The van der Waals surface area contributed by atoms with E-state index in [0.717, 1.165) is 0 Å². The zero-order valence-electron chi connectivity index (χ0n) is 36.4. The molecule has 0 spiro atoms. The Morgan fingerprint density at radius 2 is 0.655 bits per heavy atom. The van der Waals surface area contributed by atoms with Gasteiger partial charge in [-0.1, -0.05) is 201 Å². The van der Waals surface area contributed by atoms with Crippen LogP contribution >= 0.6 is 0 Å². The van der Waals surface area contributed by atoms with E-state index in [-0.39, 0.29) is 35.1 Å². The van der Waals surface area contributed by atoms with Gasteiger partial charge in [-0.3, -0.25) is 0 Å². The molecule has 8 aromatic rings. The Hall–Kier alpha value is -5.07. The maximum Gasteiger partial charge on any atom is 0.244 e. The van der Waals surface area contributed by atoms with Crippen LogP contribution in [-0.2, 0) is 21.7 Å². The van der Waals surface area contributed by atoms with Gasteiger partial charge >= 0.3 is 0 Å². The molecule has 0 amide bonds. The van der Waals surface area contributed by atoms with E-state index in [0.29, 0.717) is 0 Å². The first-order valence-corrected chi connectivity index (χ1v) is 21.8. The lowest BCUT2D eigenvalue weighted by Gasteiger charge is -2.36. The molecule has 0 N–H and O–H groups in total. The third-order valence-electron chi connectivity index (χ3n) is 14.8. The fourth-order valence-electron chi connectivity index (χ4n) is 12.0. The van der Waals surface area contributed by atoms with Gasteiger partial charge in [-0.15, -0.1) is 0 Å². The van der Waals surface area contributed by atoms with E-state index in [9.17, 15) is 0 Å². The summed E-state index contributed by atoms with van der Waals surface area (Å²) in [5, 5.41) is 8.82. The average Bonchev–Trinajstić information content (AvgIpc) is 3.67. The van der Waals surface area contributed by atoms with Gasteiger partial charge in [-0.2, -0.15) is 0 Å². The fraction of sp³-hybridized carbons (Fsp3) is 0.286. The third kappa shape index (κ3) is 4.25. The summed E-state index contributed by atoms with van der Waals surface area (Å²) in [4.78, 5) is 0. The number of benzene rings is 8. The van der Waals surface area contributed by atoms with Crippen LogP contribution < -0.4 is 32.8 Å². The topological polar surface area (TPSA) is 0 Å². The van der Waals surface area contributed by atoms with Gasteiger partial charge in [0.05, 0.1) is 0 Å². The molecule has 8 aromatic carbocycles. The summed E-state index contributed by atoms with van der Waals surface area (Å²) in [6, 6.07) is 39.6. The molecule has 0 nitrogen and oxygen atoms in total. The van der Waals surface area contributed by atoms with Crippen molar-refractivity contribution in [3.05, 3.63) is 119 Å². The molecule has 0 saturated carbocycles. The second-order valence-electron chi connectivity index (χ2n) is 22.5. The lowest BCUT2D eigenvalue weighted by molar-refractivity contribution is 0.590. The quantitative estimate of drug-likeness (QED) is 0.107. The van der Waals surface area contributed by atoms with Crippen LogP contribution in [0.5, 0.6) is 0 Å². The van der Waals surface area contributed by atoms with Gasteiger partial charge < -0.3 is 0 Å². The van der Waals surface area contributed by atoms with E-state index in [1.165, 1.54) is 132 Å². The summed E-state index contributed by atoms with van der Waals surface area (Å²) >= 11 is 0. The van der Waals surface area contributed by atoms with Crippen molar-refractivity contribution in [1.82, 2.24) is 0 Å². The molecule has 4 aliphatic heterocycles. The maximum absolute atomic E-state index is 2.69. The maximum atomic E-state index is 2.69. The van der Waals surface area contributed by atoms with E-state index in [2.05, 4.69) is 180 Å². The molecule has 4 heterocycles. The smallest absolute Gasteiger partial charge is 0.0664 e. The molecule has 0 aliphatic carbocycles. The lowest BCUT2D eigenvalue weighted by atomic mass is 9.34. The first-order chi connectivity index (χ1) is 27.3. The van der Waals surface area contributed by atoms with Crippen molar-refractivity contribution in [3.8, 4) is 44.5 Å². The highest BCUT2D eigenvalue weighted by molar-refractivity contribution is 7.03. The van der Waals surface area contributed by atoms with Gasteiger partial charge in [0.1, 0.15) is 0 Å². The van der Waals surface area contributed by atoms with Crippen LogP contribution in [0.2, 0.25) is 0 Å². The predicted octanol–water partition coefficient (Wildman–Crippen LogP) is 10.7. The average molecular weight is 747 g/mol. The Morgan fingerprint density at radius 1 is 0.310 bits per heavy atom. The molecular formula is C56H52B2. The zero-order chi connectivity index (χ0) is 40.3. The molecule has 0 unspecified atom stereocenters. The van der Waals surface area contributed by atoms with Crippen LogP contribution in [0.3, 0.4) is 0 Å². The summed E-state index contributed by atoms with van der Waals surface area (Å²) in [7, 11) is 0. The van der Waals surface area contributed by atoms with E-state index < -0.39 is 0 Å². The highest BCUT2D eigenvalue weighted by Gasteiger charge is 2.46. The van der Waals surface area contributed by atoms with Crippen LogP contribution in [0, 0.1) is 0 Å². The molecule has 2 heteroatoms. The molecule has 0 radical (unpaired) electrons. The molecular weight excluding hydrogens is 694 g/mol. The molecule has 0 atom stereocenters. The monoisotopic (exact) mass is 746 g/mol. The van der Waals surface area contributed by atoms with Gasteiger partial charge in [0, 0.05) is 0 Å². The van der Waals surface area contributed by atoms with E-state index in [4.69, 9.17) is 0 Å². The number of fused-ring (bicyclic) bond motifs is 10. The summed E-state index contributed by atoms with van der Waals surface area (Å²) in [5.74, 6) is 0. The van der Waals surface area contributed by atoms with Gasteiger partial charge in [0.2, 0.25) is 13.4 Å². The van der Waals surface area contributed by atoms with Crippen molar-refractivity contribution in [2.45, 2.75) is 105 Å². The highest BCUT2D eigenvalue weighted by atomic mass is 14.4. The van der Waals surface area contributed by atoms with Crippen LogP contribution in [0.15, 0.2) is 97.1 Å². The molecule has 0 bridgehead atoms. The van der Waals surface area contributed by atoms with Gasteiger partial charge in [-0.05, 0) is 133 Å². The minimum absolute atomic E-state index is 0.0214. The fourth-order valence-corrected chi connectivity index (χ4v) is 12.0. The molecule has 0 saturated heterocycles.